The van der Waals surface area contributed by atoms with Crippen LogP contribution in [-0.4, -0.2) is 29.3 Å². The van der Waals surface area contributed by atoms with Crippen molar-refractivity contribution in [2.45, 2.75) is 46.7 Å². The van der Waals surface area contributed by atoms with E-state index in [-0.39, 0.29) is 11.8 Å². The number of benzene rings is 1. The lowest BCUT2D eigenvalue weighted by Crippen LogP contribution is -2.47. The number of nitrogens with one attached hydrogen (secondary N) is 1. The molecular formula is C17H25ClN2O2. The standard InChI is InChI=1S/C17H25ClN2O2/c1-12(2)9-10-19-17(22)13(3)20(14(4)21)11-15-5-7-16(18)8-6-15/h5-8,12-13H,9-11H2,1-4H3,(H,19,22). The lowest BCUT2D eigenvalue weighted by molar-refractivity contribution is -0.139. The minimum atomic E-state index is -0.500. The summed E-state index contributed by atoms with van der Waals surface area (Å²) in [4.78, 5) is 25.6. The van der Waals surface area contributed by atoms with Gasteiger partial charge >= 0.3 is 0 Å². The van der Waals surface area contributed by atoms with E-state index < -0.39 is 6.04 Å². The van der Waals surface area contributed by atoms with Gasteiger partial charge in [-0.15, -0.1) is 0 Å². The van der Waals surface area contributed by atoms with E-state index in [0.29, 0.717) is 24.0 Å². The number of carbonyl (C=O) groups is 2. The van der Waals surface area contributed by atoms with Gasteiger partial charge in [0.1, 0.15) is 6.04 Å². The van der Waals surface area contributed by atoms with Crippen LogP contribution in [0.15, 0.2) is 24.3 Å². The van der Waals surface area contributed by atoms with E-state index in [0.717, 1.165) is 12.0 Å². The summed E-state index contributed by atoms with van der Waals surface area (Å²) in [5, 5.41) is 3.54. The van der Waals surface area contributed by atoms with E-state index in [1.165, 1.54) is 6.92 Å². The van der Waals surface area contributed by atoms with Crippen LogP contribution in [-0.2, 0) is 16.1 Å². The van der Waals surface area contributed by atoms with Crippen LogP contribution >= 0.6 is 11.6 Å². The molecule has 122 valence electrons. The zero-order chi connectivity index (χ0) is 16.7. The average Bonchev–Trinajstić information content (AvgIpc) is 2.45. The highest BCUT2D eigenvalue weighted by Gasteiger charge is 2.23. The van der Waals surface area contributed by atoms with E-state index in [2.05, 4.69) is 19.2 Å². The largest absolute Gasteiger partial charge is 0.354 e. The van der Waals surface area contributed by atoms with Gasteiger partial charge in [-0.25, -0.2) is 0 Å². The third kappa shape index (κ3) is 6.06. The highest BCUT2D eigenvalue weighted by atomic mass is 35.5. The van der Waals surface area contributed by atoms with Crippen LogP contribution < -0.4 is 5.32 Å². The Morgan fingerprint density at radius 3 is 2.27 bits per heavy atom. The first-order chi connectivity index (χ1) is 10.3. The van der Waals surface area contributed by atoms with Crippen LogP contribution in [0.2, 0.25) is 5.02 Å². The highest BCUT2D eigenvalue weighted by molar-refractivity contribution is 6.30. The Morgan fingerprint density at radius 2 is 1.77 bits per heavy atom. The molecule has 0 aliphatic carbocycles. The Labute approximate surface area is 137 Å². The predicted molar refractivity (Wildman–Crippen MR) is 89.6 cm³/mol. The molecule has 5 heteroatoms. The lowest BCUT2D eigenvalue weighted by Gasteiger charge is -2.27. The molecule has 0 aliphatic heterocycles. The minimum Gasteiger partial charge on any atom is -0.354 e. The Kier molecular flexibility index (Phi) is 7.39. The molecule has 0 radical (unpaired) electrons. The summed E-state index contributed by atoms with van der Waals surface area (Å²) in [7, 11) is 0. The topological polar surface area (TPSA) is 49.4 Å². The van der Waals surface area contributed by atoms with Crippen molar-refractivity contribution in [3.05, 3.63) is 34.9 Å². The van der Waals surface area contributed by atoms with Gasteiger partial charge in [0, 0.05) is 25.0 Å². The zero-order valence-corrected chi connectivity index (χ0v) is 14.5. The van der Waals surface area contributed by atoms with Crippen molar-refractivity contribution >= 4 is 23.4 Å². The molecule has 22 heavy (non-hydrogen) atoms. The van der Waals surface area contributed by atoms with Gasteiger partial charge in [0.05, 0.1) is 0 Å². The number of hydrogen-bond acceptors (Lipinski definition) is 2. The van der Waals surface area contributed by atoms with E-state index in [4.69, 9.17) is 11.6 Å². The Balaban J connectivity index is 2.67. The third-order valence-corrected chi connectivity index (χ3v) is 3.79. The Morgan fingerprint density at radius 1 is 1.18 bits per heavy atom. The Hall–Kier alpha value is -1.55. The molecule has 4 nitrogen and oxygen atoms in total. The van der Waals surface area contributed by atoms with Crippen molar-refractivity contribution in [3.8, 4) is 0 Å². The molecule has 0 saturated carbocycles. The number of amides is 2. The van der Waals surface area contributed by atoms with Crippen LogP contribution in [0.5, 0.6) is 0 Å². The second kappa shape index (κ2) is 8.79. The van der Waals surface area contributed by atoms with E-state index >= 15 is 0 Å². The predicted octanol–water partition coefficient (Wildman–Crippen LogP) is 3.24. The molecule has 1 unspecified atom stereocenters. The fourth-order valence-electron chi connectivity index (χ4n) is 2.08. The summed E-state index contributed by atoms with van der Waals surface area (Å²) in [6.07, 6.45) is 0.926. The van der Waals surface area contributed by atoms with Gasteiger partial charge in [-0.05, 0) is 37.0 Å². The van der Waals surface area contributed by atoms with Gasteiger partial charge < -0.3 is 10.2 Å². The molecule has 0 fully saturated rings. The highest BCUT2D eigenvalue weighted by Crippen LogP contribution is 2.13. The molecule has 1 aromatic carbocycles. The maximum absolute atomic E-state index is 12.2. The molecule has 0 heterocycles. The van der Waals surface area contributed by atoms with Crippen molar-refractivity contribution in [3.63, 3.8) is 0 Å². The van der Waals surface area contributed by atoms with Crippen molar-refractivity contribution in [2.75, 3.05) is 6.54 Å². The summed E-state index contributed by atoms with van der Waals surface area (Å²) in [6, 6.07) is 6.79. The summed E-state index contributed by atoms with van der Waals surface area (Å²) in [5.74, 6) is 0.292. The van der Waals surface area contributed by atoms with Gasteiger partial charge in [-0.3, -0.25) is 9.59 Å². The first kappa shape index (κ1) is 18.5. The van der Waals surface area contributed by atoms with Crippen molar-refractivity contribution in [1.82, 2.24) is 10.2 Å². The van der Waals surface area contributed by atoms with Crippen LogP contribution in [0.25, 0.3) is 0 Å². The molecule has 0 spiro atoms. The van der Waals surface area contributed by atoms with Gasteiger partial charge in [0.2, 0.25) is 11.8 Å². The fraction of sp³-hybridized carbons (Fsp3) is 0.529. The maximum Gasteiger partial charge on any atom is 0.242 e. The monoisotopic (exact) mass is 324 g/mol. The van der Waals surface area contributed by atoms with Gasteiger partial charge in [0.15, 0.2) is 0 Å². The summed E-state index contributed by atoms with van der Waals surface area (Å²) in [6.45, 7) is 8.48. The number of hydrogen-bond donors (Lipinski definition) is 1. The maximum atomic E-state index is 12.2. The molecule has 2 amide bonds. The molecule has 1 aromatic rings. The fourth-order valence-corrected chi connectivity index (χ4v) is 2.21. The van der Waals surface area contributed by atoms with Gasteiger partial charge in [-0.2, -0.15) is 0 Å². The molecule has 1 atom stereocenters. The summed E-state index contributed by atoms with van der Waals surface area (Å²) >= 11 is 5.86. The molecule has 0 aliphatic rings. The van der Waals surface area contributed by atoms with Crippen LogP contribution in [0.3, 0.4) is 0 Å². The Bertz CT molecular complexity index is 500. The van der Waals surface area contributed by atoms with Gasteiger partial charge in [-0.1, -0.05) is 37.6 Å². The number of nitrogens with zero attached hydrogens (tertiary/aromatic N) is 1. The van der Waals surface area contributed by atoms with Gasteiger partial charge in [0.25, 0.3) is 0 Å². The molecule has 1 N–H and O–H groups in total. The molecule has 0 aromatic heterocycles. The normalized spacial score (nSPS) is 12.1. The second-order valence-electron chi connectivity index (χ2n) is 5.92. The number of rotatable bonds is 7. The van der Waals surface area contributed by atoms with Crippen molar-refractivity contribution in [1.29, 1.82) is 0 Å². The molecular weight excluding hydrogens is 300 g/mol. The number of carbonyl (C=O) groups excluding carboxylic acids is 2. The van der Waals surface area contributed by atoms with Crippen molar-refractivity contribution in [2.24, 2.45) is 5.92 Å². The summed E-state index contributed by atoms with van der Waals surface area (Å²) in [5.41, 5.74) is 0.946. The zero-order valence-electron chi connectivity index (χ0n) is 13.7. The molecule has 0 bridgehead atoms. The SMILES string of the molecule is CC(=O)N(Cc1ccc(Cl)cc1)C(C)C(=O)NCCC(C)C. The van der Waals surface area contributed by atoms with E-state index in [9.17, 15) is 9.59 Å². The first-order valence-electron chi connectivity index (χ1n) is 7.60. The third-order valence-electron chi connectivity index (χ3n) is 3.54. The first-order valence-corrected chi connectivity index (χ1v) is 7.98. The number of halogens is 1. The van der Waals surface area contributed by atoms with Crippen molar-refractivity contribution < 1.29 is 9.59 Å². The van der Waals surface area contributed by atoms with E-state index in [1.807, 2.05) is 12.1 Å². The smallest absolute Gasteiger partial charge is 0.242 e. The minimum absolute atomic E-state index is 0.121. The van der Waals surface area contributed by atoms with Crippen LogP contribution in [0.4, 0.5) is 0 Å². The van der Waals surface area contributed by atoms with E-state index in [1.54, 1.807) is 24.0 Å². The average molecular weight is 325 g/mol. The van der Waals surface area contributed by atoms with Crippen LogP contribution in [0, 0.1) is 5.92 Å². The second-order valence-corrected chi connectivity index (χ2v) is 6.36. The van der Waals surface area contributed by atoms with Crippen LogP contribution in [0.1, 0.15) is 39.7 Å². The quantitative estimate of drug-likeness (QED) is 0.837. The summed E-state index contributed by atoms with van der Waals surface area (Å²) < 4.78 is 0. The lowest BCUT2D eigenvalue weighted by atomic mass is 10.1. The molecule has 1 rings (SSSR count). The molecule has 0 saturated heterocycles.